The molecule has 1 aromatic rings. The van der Waals surface area contributed by atoms with Crippen molar-refractivity contribution in [3.63, 3.8) is 0 Å². The minimum Gasteiger partial charge on any atom is -0.385 e. The van der Waals surface area contributed by atoms with Gasteiger partial charge >= 0.3 is 0 Å². The number of likely N-dealkylation sites (tertiary alicyclic amines) is 1. The fourth-order valence-electron chi connectivity index (χ4n) is 2.97. The van der Waals surface area contributed by atoms with Gasteiger partial charge in [-0.2, -0.15) is 0 Å². The van der Waals surface area contributed by atoms with Crippen molar-refractivity contribution in [3.05, 3.63) is 30.1 Å². The van der Waals surface area contributed by atoms with E-state index < -0.39 is 0 Å². The van der Waals surface area contributed by atoms with Crippen LogP contribution >= 0.6 is 24.0 Å². The Morgan fingerprint density at radius 1 is 1.29 bits per heavy atom. The Balaban J connectivity index is 0.00000392. The molecule has 2 N–H and O–H groups in total. The van der Waals surface area contributed by atoms with Gasteiger partial charge in [0.15, 0.2) is 5.96 Å². The molecule has 0 aromatic carbocycles. The molecule has 2 heterocycles. The number of carbonyl (C=O) groups excluding carboxylic acids is 1. The van der Waals surface area contributed by atoms with Crippen molar-refractivity contribution >= 4 is 35.8 Å². The second kappa shape index (κ2) is 14.5. The highest BCUT2D eigenvalue weighted by Crippen LogP contribution is 2.14. The highest BCUT2D eigenvalue weighted by molar-refractivity contribution is 14.0. The number of carbonyl (C=O) groups is 1. The van der Waals surface area contributed by atoms with Crippen LogP contribution in [-0.4, -0.2) is 81.4 Å². The first-order valence-electron chi connectivity index (χ1n) is 9.49. The van der Waals surface area contributed by atoms with Crippen molar-refractivity contribution < 1.29 is 14.3 Å². The van der Waals surface area contributed by atoms with Crippen LogP contribution in [0.4, 0.5) is 0 Å². The third-order valence-electron chi connectivity index (χ3n) is 4.42. The van der Waals surface area contributed by atoms with Gasteiger partial charge in [-0.05, 0) is 31.4 Å². The maximum Gasteiger partial charge on any atom is 0.252 e. The van der Waals surface area contributed by atoms with E-state index in [-0.39, 0.29) is 29.9 Å². The number of nitrogens with one attached hydrogen (secondary N) is 2. The number of halogens is 1. The molecular weight excluding hydrogens is 473 g/mol. The zero-order valence-corrected chi connectivity index (χ0v) is 19.1. The SMILES string of the molecule is CN=C(NCCNC(=O)c1cccnc1)N1CCC(OCCCOC)CC1.I. The van der Waals surface area contributed by atoms with E-state index in [2.05, 4.69) is 25.5 Å². The van der Waals surface area contributed by atoms with Crippen LogP contribution < -0.4 is 10.6 Å². The summed E-state index contributed by atoms with van der Waals surface area (Å²) in [4.78, 5) is 22.5. The molecule has 0 spiro atoms. The Labute approximate surface area is 184 Å². The monoisotopic (exact) mass is 505 g/mol. The smallest absolute Gasteiger partial charge is 0.252 e. The number of amides is 1. The molecule has 1 aromatic heterocycles. The van der Waals surface area contributed by atoms with Crippen LogP contribution in [0.25, 0.3) is 0 Å². The zero-order chi connectivity index (χ0) is 19.3. The van der Waals surface area contributed by atoms with E-state index in [1.807, 2.05) is 0 Å². The Hall–Kier alpha value is -1.46. The summed E-state index contributed by atoms with van der Waals surface area (Å²) < 4.78 is 10.9. The maximum absolute atomic E-state index is 12.0. The number of aromatic nitrogens is 1. The van der Waals surface area contributed by atoms with E-state index in [4.69, 9.17) is 9.47 Å². The summed E-state index contributed by atoms with van der Waals surface area (Å²) in [6.07, 6.45) is 6.44. The Morgan fingerprint density at radius 2 is 2.04 bits per heavy atom. The van der Waals surface area contributed by atoms with Crippen molar-refractivity contribution in [1.29, 1.82) is 0 Å². The molecule has 0 atom stereocenters. The van der Waals surface area contributed by atoms with Gasteiger partial charge in [-0.25, -0.2) is 0 Å². The van der Waals surface area contributed by atoms with Gasteiger partial charge in [0.25, 0.3) is 5.91 Å². The van der Waals surface area contributed by atoms with Crippen molar-refractivity contribution in [2.75, 3.05) is 53.6 Å². The lowest BCUT2D eigenvalue weighted by Gasteiger charge is -2.34. The van der Waals surface area contributed by atoms with E-state index in [9.17, 15) is 4.79 Å². The fourth-order valence-corrected chi connectivity index (χ4v) is 2.97. The average Bonchev–Trinajstić information content (AvgIpc) is 2.72. The molecule has 0 bridgehead atoms. The highest BCUT2D eigenvalue weighted by atomic mass is 127. The van der Waals surface area contributed by atoms with E-state index >= 15 is 0 Å². The summed E-state index contributed by atoms with van der Waals surface area (Å²) in [5.41, 5.74) is 0.564. The number of hydrogen-bond acceptors (Lipinski definition) is 5. The summed E-state index contributed by atoms with van der Waals surface area (Å²) in [5.74, 6) is 0.745. The van der Waals surface area contributed by atoms with Gasteiger partial charge in [-0.1, -0.05) is 0 Å². The van der Waals surface area contributed by atoms with Crippen LogP contribution in [0.3, 0.4) is 0 Å². The normalized spacial score (nSPS) is 15.1. The number of guanidine groups is 1. The minimum absolute atomic E-state index is 0. The predicted octanol–water partition coefficient (Wildman–Crippen LogP) is 1.52. The summed E-state index contributed by atoms with van der Waals surface area (Å²) in [6.45, 7) is 4.46. The van der Waals surface area contributed by atoms with Gasteiger partial charge in [-0.15, -0.1) is 24.0 Å². The molecule has 1 aliphatic heterocycles. The first-order valence-corrected chi connectivity index (χ1v) is 9.49. The predicted molar refractivity (Wildman–Crippen MR) is 120 cm³/mol. The standard InChI is InChI=1S/C19H31N5O3.HI/c1-20-19(23-10-9-22-18(25)16-5-3-8-21-15-16)24-11-6-17(7-12-24)27-14-4-13-26-2;/h3,5,8,15,17H,4,6-7,9-14H2,1-2H3,(H,20,23)(H,22,25);1H. The summed E-state index contributed by atoms with van der Waals surface area (Å²) in [7, 11) is 3.49. The van der Waals surface area contributed by atoms with Gasteiger partial charge in [-0.3, -0.25) is 14.8 Å². The second-order valence-corrected chi connectivity index (χ2v) is 6.38. The molecule has 1 saturated heterocycles. The van der Waals surface area contributed by atoms with Crippen molar-refractivity contribution in [1.82, 2.24) is 20.5 Å². The molecule has 9 heteroatoms. The van der Waals surface area contributed by atoms with Crippen LogP contribution in [0.2, 0.25) is 0 Å². The lowest BCUT2D eigenvalue weighted by molar-refractivity contribution is 0.00991. The van der Waals surface area contributed by atoms with Crippen LogP contribution in [0.1, 0.15) is 29.6 Å². The number of hydrogen-bond donors (Lipinski definition) is 2. The van der Waals surface area contributed by atoms with Gasteiger partial charge in [0.1, 0.15) is 0 Å². The molecule has 0 radical (unpaired) electrons. The highest BCUT2D eigenvalue weighted by Gasteiger charge is 2.21. The van der Waals surface area contributed by atoms with E-state index in [0.29, 0.717) is 24.8 Å². The number of ether oxygens (including phenoxy) is 2. The number of methoxy groups -OCH3 is 1. The third-order valence-corrected chi connectivity index (χ3v) is 4.42. The van der Waals surface area contributed by atoms with E-state index in [1.165, 1.54) is 0 Å². The molecule has 0 unspecified atom stereocenters. The number of pyridine rings is 1. The summed E-state index contributed by atoms with van der Waals surface area (Å²) in [5, 5.41) is 6.19. The first-order chi connectivity index (χ1) is 13.2. The number of rotatable bonds is 9. The van der Waals surface area contributed by atoms with Crippen molar-refractivity contribution in [2.45, 2.75) is 25.4 Å². The summed E-state index contributed by atoms with van der Waals surface area (Å²) in [6, 6.07) is 3.50. The number of aliphatic imine (C=N–C) groups is 1. The third kappa shape index (κ3) is 8.70. The topological polar surface area (TPSA) is 88.1 Å². The molecule has 158 valence electrons. The van der Waals surface area contributed by atoms with Crippen LogP contribution in [-0.2, 0) is 9.47 Å². The Morgan fingerprint density at radius 3 is 2.68 bits per heavy atom. The lowest BCUT2D eigenvalue weighted by atomic mass is 10.1. The number of piperidine rings is 1. The first kappa shape index (κ1) is 24.6. The fraction of sp³-hybridized carbons (Fsp3) is 0.632. The molecule has 1 amide bonds. The molecular formula is C19H32IN5O3. The molecule has 28 heavy (non-hydrogen) atoms. The average molecular weight is 505 g/mol. The molecule has 0 aliphatic carbocycles. The van der Waals surface area contributed by atoms with E-state index in [1.54, 1.807) is 38.7 Å². The van der Waals surface area contributed by atoms with Crippen LogP contribution in [0, 0.1) is 0 Å². The van der Waals surface area contributed by atoms with Crippen molar-refractivity contribution in [3.8, 4) is 0 Å². The minimum atomic E-state index is -0.119. The molecule has 2 rings (SSSR count). The summed E-state index contributed by atoms with van der Waals surface area (Å²) >= 11 is 0. The van der Waals surface area contributed by atoms with Crippen LogP contribution in [0.15, 0.2) is 29.5 Å². The largest absolute Gasteiger partial charge is 0.385 e. The quantitative estimate of drug-likeness (QED) is 0.229. The number of nitrogens with zero attached hydrogens (tertiary/aromatic N) is 3. The second-order valence-electron chi connectivity index (χ2n) is 6.38. The van der Waals surface area contributed by atoms with Gasteiger partial charge in [0.05, 0.1) is 11.7 Å². The molecule has 0 saturated carbocycles. The van der Waals surface area contributed by atoms with Gasteiger partial charge < -0.3 is 25.0 Å². The zero-order valence-electron chi connectivity index (χ0n) is 16.7. The van der Waals surface area contributed by atoms with Gasteiger partial charge in [0, 0.05) is 65.9 Å². The molecule has 8 nitrogen and oxygen atoms in total. The van der Waals surface area contributed by atoms with E-state index in [0.717, 1.165) is 51.5 Å². The van der Waals surface area contributed by atoms with Gasteiger partial charge in [0.2, 0.25) is 0 Å². The molecule has 1 aliphatic rings. The van der Waals surface area contributed by atoms with Crippen LogP contribution in [0.5, 0.6) is 0 Å². The molecule has 1 fully saturated rings. The lowest BCUT2D eigenvalue weighted by Crippen LogP contribution is -2.48. The Kier molecular flexibility index (Phi) is 12.8. The maximum atomic E-state index is 12.0. The Bertz CT molecular complexity index is 580. The van der Waals surface area contributed by atoms with Crippen molar-refractivity contribution in [2.24, 2.45) is 4.99 Å².